The van der Waals surface area contributed by atoms with Crippen molar-refractivity contribution in [2.45, 2.75) is 31.2 Å². The Hall–Kier alpha value is -2.94. The average molecular weight is 407 g/mol. The molecule has 9 heteroatoms. The van der Waals surface area contributed by atoms with Crippen molar-refractivity contribution in [2.75, 3.05) is 11.3 Å². The molecule has 0 unspecified atom stereocenters. The van der Waals surface area contributed by atoms with Crippen molar-refractivity contribution in [2.24, 2.45) is 0 Å². The summed E-state index contributed by atoms with van der Waals surface area (Å²) in [5.41, 5.74) is 0.287. The molecule has 0 spiro atoms. The van der Waals surface area contributed by atoms with Gasteiger partial charge in [0.2, 0.25) is 5.91 Å². The second-order valence-electron chi connectivity index (χ2n) is 6.13. The lowest BCUT2D eigenvalue weighted by Crippen LogP contribution is -2.45. The Kier molecular flexibility index (Phi) is 7.11. The summed E-state index contributed by atoms with van der Waals surface area (Å²) in [5.74, 6) is -1.38. The van der Waals surface area contributed by atoms with Crippen LogP contribution in [0.1, 0.15) is 30.6 Å². The van der Waals surface area contributed by atoms with Gasteiger partial charge in [-0.05, 0) is 55.8 Å². The zero-order chi connectivity index (χ0) is 20.7. The normalized spacial score (nSPS) is 12.1. The maximum Gasteiger partial charge on any atom is 0.261 e. The van der Waals surface area contributed by atoms with Crippen LogP contribution in [0.15, 0.2) is 53.4 Å². The minimum absolute atomic E-state index is 0.0946. The molecule has 28 heavy (non-hydrogen) atoms. The summed E-state index contributed by atoms with van der Waals surface area (Å²) < 4.78 is 40.3. The predicted octanol–water partition coefficient (Wildman–Crippen LogP) is 2.27. The van der Waals surface area contributed by atoms with Gasteiger partial charge in [0.25, 0.3) is 15.9 Å². The first-order valence-electron chi connectivity index (χ1n) is 8.70. The minimum Gasteiger partial charge on any atom is -0.354 e. The Morgan fingerprint density at radius 1 is 1.11 bits per heavy atom. The summed E-state index contributed by atoms with van der Waals surface area (Å²) in [7, 11) is -3.97. The molecule has 0 aromatic heterocycles. The molecule has 0 aliphatic carbocycles. The highest BCUT2D eigenvalue weighted by Crippen LogP contribution is 2.17. The SMILES string of the molecule is CCCNC(=O)[C@@H](C)NC(=O)c1cccc(S(=O)(=O)Nc2ccc(F)cc2)c1. The van der Waals surface area contributed by atoms with Crippen molar-refractivity contribution in [3.63, 3.8) is 0 Å². The number of carbonyl (C=O) groups excluding carboxylic acids is 2. The third-order valence-electron chi connectivity index (χ3n) is 3.79. The molecular weight excluding hydrogens is 385 g/mol. The molecule has 0 heterocycles. The molecule has 7 nitrogen and oxygen atoms in total. The first-order chi connectivity index (χ1) is 13.2. The zero-order valence-electron chi connectivity index (χ0n) is 15.5. The molecule has 0 aliphatic heterocycles. The molecule has 0 aliphatic rings. The van der Waals surface area contributed by atoms with Crippen LogP contribution < -0.4 is 15.4 Å². The smallest absolute Gasteiger partial charge is 0.261 e. The van der Waals surface area contributed by atoms with Gasteiger partial charge < -0.3 is 10.6 Å². The van der Waals surface area contributed by atoms with Crippen molar-refractivity contribution in [3.05, 3.63) is 59.9 Å². The van der Waals surface area contributed by atoms with Crippen LogP contribution in [0.2, 0.25) is 0 Å². The van der Waals surface area contributed by atoms with Crippen LogP contribution in [0.4, 0.5) is 10.1 Å². The molecule has 0 radical (unpaired) electrons. The lowest BCUT2D eigenvalue weighted by Gasteiger charge is -2.14. The summed E-state index contributed by atoms with van der Waals surface area (Å²) in [6.07, 6.45) is 0.771. The third-order valence-corrected chi connectivity index (χ3v) is 5.17. The van der Waals surface area contributed by atoms with E-state index in [1.165, 1.54) is 36.4 Å². The largest absolute Gasteiger partial charge is 0.354 e. The second-order valence-corrected chi connectivity index (χ2v) is 7.81. The number of amides is 2. The molecule has 0 saturated carbocycles. The number of halogens is 1. The number of hydrogen-bond donors (Lipinski definition) is 3. The number of anilines is 1. The fraction of sp³-hybridized carbons (Fsp3) is 0.263. The maximum atomic E-state index is 13.0. The molecule has 2 amide bonds. The molecule has 150 valence electrons. The Balaban J connectivity index is 2.12. The van der Waals surface area contributed by atoms with Crippen molar-refractivity contribution >= 4 is 27.5 Å². The number of sulfonamides is 1. The fourth-order valence-electron chi connectivity index (χ4n) is 2.28. The predicted molar refractivity (Wildman–Crippen MR) is 104 cm³/mol. The minimum atomic E-state index is -3.97. The summed E-state index contributed by atoms with van der Waals surface area (Å²) >= 11 is 0. The van der Waals surface area contributed by atoms with E-state index < -0.39 is 27.8 Å². The Morgan fingerprint density at radius 3 is 2.43 bits per heavy atom. The molecule has 0 fully saturated rings. The van der Waals surface area contributed by atoms with Gasteiger partial charge >= 0.3 is 0 Å². The Morgan fingerprint density at radius 2 is 1.79 bits per heavy atom. The van der Waals surface area contributed by atoms with Gasteiger partial charge in [-0.1, -0.05) is 13.0 Å². The van der Waals surface area contributed by atoms with Gasteiger partial charge in [0.1, 0.15) is 11.9 Å². The van der Waals surface area contributed by atoms with E-state index in [0.717, 1.165) is 18.6 Å². The van der Waals surface area contributed by atoms with Crippen molar-refractivity contribution in [1.29, 1.82) is 0 Å². The van der Waals surface area contributed by atoms with Gasteiger partial charge in [-0.25, -0.2) is 12.8 Å². The van der Waals surface area contributed by atoms with Crippen LogP contribution in [0, 0.1) is 5.82 Å². The number of nitrogens with one attached hydrogen (secondary N) is 3. The quantitative estimate of drug-likeness (QED) is 0.624. The molecule has 0 bridgehead atoms. The summed E-state index contributed by atoms with van der Waals surface area (Å²) in [4.78, 5) is 24.1. The van der Waals surface area contributed by atoms with Gasteiger partial charge in [-0.2, -0.15) is 0 Å². The van der Waals surface area contributed by atoms with Gasteiger partial charge in [0, 0.05) is 17.8 Å². The van der Waals surface area contributed by atoms with E-state index in [4.69, 9.17) is 0 Å². The Bertz CT molecular complexity index is 946. The molecule has 0 saturated heterocycles. The van der Waals surface area contributed by atoms with Crippen molar-refractivity contribution in [1.82, 2.24) is 10.6 Å². The summed E-state index contributed by atoms with van der Waals surface area (Å²) in [6, 6.07) is 9.49. The molecule has 3 N–H and O–H groups in total. The summed E-state index contributed by atoms with van der Waals surface area (Å²) in [6.45, 7) is 3.96. The third kappa shape index (κ3) is 5.78. The summed E-state index contributed by atoms with van der Waals surface area (Å²) in [5, 5.41) is 5.20. The molecule has 2 rings (SSSR count). The zero-order valence-corrected chi connectivity index (χ0v) is 16.3. The van der Waals surface area contributed by atoms with E-state index >= 15 is 0 Å². The van der Waals surface area contributed by atoms with E-state index in [1.807, 2.05) is 6.92 Å². The van der Waals surface area contributed by atoms with E-state index in [9.17, 15) is 22.4 Å². The molecular formula is C19H22FN3O4S. The first-order valence-corrected chi connectivity index (χ1v) is 10.2. The fourth-order valence-corrected chi connectivity index (χ4v) is 3.39. The average Bonchev–Trinajstić information content (AvgIpc) is 2.67. The Labute approximate surface area is 163 Å². The first kappa shape index (κ1) is 21.4. The van der Waals surface area contributed by atoms with Gasteiger partial charge in [-0.15, -0.1) is 0 Å². The highest BCUT2D eigenvalue weighted by atomic mass is 32.2. The van der Waals surface area contributed by atoms with Gasteiger partial charge in [-0.3, -0.25) is 14.3 Å². The number of rotatable bonds is 8. The van der Waals surface area contributed by atoms with E-state index in [1.54, 1.807) is 6.92 Å². The highest BCUT2D eigenvalue weighted by molar-refractivity contribution is 7.92. The van der Waals surface area contributed by atoms with Crippen LogP contribution in [0.25, 0.3) is 0 Å². The molecule has 1 atom stereocenters. The maximum absolute atomic E-state index is 13.0. The van der Waals surface area contributed by atoms with Crippen LogP contribution >= 0.6 is 0 Å². The second kappa shape index (κ2) is 9.32. The topological polar surface area (TPSA) is 104 Å². The van der Waals surface area contributed by atoms with E-state index in [0.29, 0.717) is 6.54 Å². The lowest BCUT2D eigenvalue weighted by molar-refractivity contribution is -0.122. The van der Waals surface area contributed by atoms with Crippen LogP contribution in [-0.2, 0) is 14.8 Å². The highest BCUT2D eigenvalue weighted by Gasteiger charge is 2.19. The van der Waals surface area contributed by atoms with Crippen molar-refractivity contribution < 1.29 is 22.4 Å². The van der Waals surface area contributed by atoms with E-state index in [-0.39, 0.29) is 22.1 Å². The monoisotopic (exact) mass is 407 g/mol. The number of hydrogen-bond acceptors (Lipinski definition) is 4. The van der Waals surface area contributed by atoms with Crippen LogP contribution in [-0.4, -0.2) is 32.8 Å². The van der Waals surface area contributed by atoms with Crippen LogP contribution in [0.5, 0.6) is 0 Å². The number of benzene rings is 2. The standard InChI is InChI=1S/C19H22FN3O4S/c1-3-11-21-18(24)13(2)22-19(25)14-5-4-6-17(12-14)28(26,27)23-16-9-7-15(20)8-10-16/h4-10,12-13,23H,3,11H2,1-2H3,(H,21,24)(H,22,25)/t13-/m1/s1. The van der Waals surface area contributed by atoms with Crippen molar-refractivity contribution in [3.8, 4) is 0 Å². The van der Waals surface area contributed by atoms with Crippen LogP contribution in [0.3, 0.4) is 0 Å². The number of carbonyl (C=O) groups is 2. The molecule has 2 aromatic rings. The van der Waals surface area contributed by atoms with E-state index in [2.05, 4.69) is 15.4 Å². The lowest BCUT2D eigenvalue weighted by atomic mass is 10.2. The van der Waals surface area contributed by atoms with Gasteiger partial charge in [0.15, 0.2) is 0 Å². The van der Waals surface area contributed by atoms with Gasteiger partial charge in [0.05, 0.1) is 4.90 Å². The molecule has 2 aromatic carbocycles.